The van der Waals surface area contributed by atoms with Gasteiger partial charge in [-0.1, -0.05) is 24.3 Å². The molecule has 0 unspecified atom stereocenters. The molecule has 5 nitrogen and oxygen atoms in total. The van der Waals surface area contributed by atoms with Crippen molar-refractivity contribution in [3.05, 3.63) is 77.9 Å². The maximum absolute atomic E-state index is 13.0. The zero-order valence-electron chi connectivity index (χ0n) is 14.9. The molecular weight excluding hydrogens is 369 g/mol. The fourth-order valence-corrected chi connectivity index (χ4v) is 2.67. The molecule has 0 saturated carbocycles. The number of aryl methyl sites for hydroxylation is 1. The molecule has 3 rings (SSSR count). The first-order chi connectivity index (χ1) is 13.3. The number of nitrogens with one attached hydrogen (secondary N) is 2. The normalized spacial score (nSPS) is 11.1. The number of carbonyl (C=O) groups excluding carboxylic acids is 1. The summed E-state index contributed by atoms with van der Waals surface area (Å²) in [5.74, 6) is 0. The Morgan fingerprint density at radius 1 is 1.04 bits per heavy atom. The number of benzene rings is 2. The second kappa shape index (κ2) is 8.08. The first-order valence-corrected chi connectivity index (χ1v) is 8.40. The third kappa shape index (κ3) is 4.85. The fourth-order valence-electron chi connectivity index (χ4n) is 2.67. The first-order valence-electron chi connectivity index (χ1n) is 8.40. The third-order valence-electron chi connectivity index (χ3n) is 4.07. The predicted molar refractivity (Wildman–Crippen MR) is 99.5 cm³/mol. The molecule has 0 aliphatic carbocycles. The first kappa shape index (κ1) is 19.3. The van der Waals surface area contributed by atoms with Gasteiger partial charge in [0.05, 0.1) is 5.56 Å². The molecule has 0 aliphatic rings. The number of halogens is 3. The number of carbonyl (C=O) groups is 1. The summed E-state index contributed by atoms with van der Waals surface area (Å²) < 4.78 is 38.9. The summed E-state index contributed by atoms with van der Waals surface area (Å²) in [6, 6.07) is 10.5. The van der Waals surface area contributed by atoms with Crippen molar-refractivity contribution in [3.63, 3.8) is 0 Å². The quantitative estimate of drug-likeness (QED) is 0.677. The van der Waals surface area contributed by atoms with E-state index in [0.717, 1.165) is 22.8 Å². The van der Waals surface area contributed by atoms with Crippen LogP contribution < -0.4 is 10.6 Å². The number of amides is 2. The van der Waals surface area contributed by atoms with Crippen LogP contribution in [0.2, 0.25) is 0 Å². The molecule has 0 aliphatic heterocycles. The molecule has 144 valence electrons. The van der Waals surface area contributed by atoms with E-state index in [1.165, 1.54) is 25.4 Å². The van der Waals surface area contributed by atoms with Crippen LogP contribution in [0, 0.1) is 6.92 Å². The number of hydrogen-bond donors (Lipinski definition) is 2. The summed E-state index contributed by atoms with van der Waals surface area (Å²) in [4.78, 5) is 20.0. The van der Waals surface area contributed by atoms with Crippen molar-refractivity contribution in [2.45, 2.75) is 19.6 Å². The molecule has 2 amide bonds. The van der Waals surface area contributed by atoms with Crippen LogP contribution >= 0.6 is 0 Å². The molecule has 28 heavy (non-hydrogen) atoms. The van der Waals surface area contributed by atoms with Crippen LogP contribution in [-0.4, -0.2) is 16.0 Å². The third-order valence-corrected chi connectivity index (χ3v) is 4.07. The summed E-state index contributed by atoms with van der Waals surface area (Å²) in [7, 11) is 0. The Bertz CT molecular complexity index is 975. The van der Waals surface area contributed by atoms with Crippen molar-refractivity contribution < 1.29 is 18.0 Å². The monoisotopic (exact) mass is 386 g/mol. The van der Waals surface area contributed by atoms with E-state index < -0.39 is 17.8 Å². The highest BCUT2D eigenvalue weighted by Crippen LogP contribution is 2.33. The largest absolute Gasteiger partial charge is 0.416 e. The summed E-state index contributed by atoms with van der Waals surface area (Å²) in [5, 5.41) is 5.06. The molecule has 0 fully saturated rings. The second-order valence-electron chi connectivity index (χ2n) is 6.16. The van der Waals surface area contributed by atoms with Gasteiger partial charge in [0.2, 0.25) is 0 Å². The molecule has 2 N–H and O–H groups in total. The van der Waals surface area contributed by atoms with Crippen molar-refractivity contribution in [2.24, 2.45) is 0 Å². The molecule has 0 spiro atoms. The van der Waals surface area contributed by atoms with Crippen LogP contribution in [0.3, 0.4) is 0 Å². The molecule has 1 aromatic heterocycles. The van der Waals surface area contributed by atoms with Crippen LogP contribution in [0.5, 0.6) is 0 Å². The summed E-state index contributed by atoms with van der Waals surface area (Å²) in [5.41, 5.74) is 1.96. The summed E-state index contributed by atoms with van der Waals surface area (Å²) in [6.45, 7) is 1.59. The van der Waals surface area contributed by atoms with E-state index in [1.807, 2.05) is 24.3 Å². The molecule has 0 saturated heterocycles. The van der Waals surface area contributed by atoms with Crippen LogP contribution in [0.15, 0.2) is 61.2 Å². The molecule has 2 aromatic carbocycles. The van der Waals surface area contributed by atoms with Crippen molar-refractivity contribution >= 4 is 11.7 Å². The number of nitrogens with zero attached hydrogens (tertiary/aromatic N) is 2. The van der Waals surface area contributed by atoms with Crippen molar-refractivity contribution in [3.8, 4) is 11.1 Å². The minimum absolute atomic E-state index is 0.0746. The fraction of sp³-hybridized carbons (Fsp3) is 0.150. The molecule has 8 heteroatoms. The van der Waals surface area contributed by atoms with Gasteiger partial charge >= 0.3 is 12.2 Å². The van der Waals surface area contributed by atoms with Crippen LogP contribution in [0.25, 0.3) is 11.1 Å². The van der Waals surface area contributed by atoms with E-state index in [1.54, 1.807) is 12.4 Å². The Morgan fingerprint density at radius 3 is 2.50 bits per heavy atom. The van der Waals surface area contributed by atoms with Gasteiger partial charge in [-0.15, -0.1) is 0 Å². The van der Waals surface area contributed by atoms with E-state index in [2.05, 4.69) is 20.6 Å². The Hall–Kier alpha value is -3.42. The number of urea groups is 1. The smallest absolute Gasteiger partial charge is 0.334 e. The van der Waals surface area contributed by atoms with Gasteiger partial charge in [0.25, 0.3) is 0 Å². The van der Waals surface area contributed by atoms with Gasteiger partial charge in [-0.2, -0.15) is 13.2 Å². The van der Waals surface area contributed by atoms with Gasteiger partial charge < -0.3 is 10.6 Å². The average Bonchev–Trinajstić information content (AvgIpc) is 2.68. The van der Waals surface area contributed by atoms with Crippen molar-refractivity contribution in [2.75, 3.05) is 5.32 Å². The lowest BCUT2D eigenvalue weighted by Crippen LogP contribution is -2.28. The Labute approximate surface area is 159 Å². The lowest BCUT2D eigenvalue weighted by atomic mass is 10.1. The van der Waals surface area contributed by atoms with Gasteiger partial charge in [-0.3, -0.25) is 0 Å². The lowest BCUT2D eigenvalue weighted by Gasteiger charge is -2.13. The van der Waals surface area contributed by atoms with E-state index in [9.17, 15) is 18.0 Å². The molecule has 0 bridgehead atoms. The van der Waals surface area contributed by atoms with E-state index in [4.69, 9.17) is 0 Å². The maximum Gasteiger partial charge on any atom is 0.416 e. The van der Waals surface area contributed by atoms with E-state index in [-0.39, 0.29) is 17.8 Å². The van der Waals surface area contributed by atoms with Crippen LogP contribution in [-0.2, 0) is 12.7 Å². The molecular formula is C20H17F3N4O. The highest BCUT2D eigenvalue weighted by Gasteiger charge is 2.32. The lowest BCUT2D eigenvalue weighted by molar-refractivity contribution is -0.138. The van der Waals surface area contributed by atoms with Crippen LogP contribution in [0.4, 0.5) is 23.7 Å². The minimum Gasteiger partial charge on any atom is -0.334 e. The van der Waals surface area contributed by atoms with Gasteiger partial charge in [-0.25, -0.2) is 14.8 Å². The summed E-state index contributed by atoms with van der Waals surface area (Å²) >= 11 is 0. The minimum atomic E-state index is -4.47. The van der Waals surface area contributed by atoms with Crippen molar-refractivity contribution in [1.29, 1.82) is 0 Å². The Kier molecular flexibility index (Phi) is 5.58. The predicted octanol–water partition coefficient (Wildman–Crippen LogP) is 4.79. The van der Waals surface area contributed by atoms with Gasteiger partial charge in [-0.05, 0) is 41.8 Å². The maximum atomic E-state index is 13.0. The van der Waals surface area contributed by atoms with Gasteiger partial charge in [0, 0.05) is 30.2 Å². The topological polar surface area (TPSA) is 66.9 Å². The number of hydrogen-bond acceptors (Lipinski definition) is 3. The highest BCUT2D eigenvalue weighted by molar-refractivity contribution is 5.89. The highest BCUT2D eigenvalue weighted by atomic mass is 19.4. The SMILES string of the molecule is Cc1ccc(NC(=O)NCc2cccc(-c3cncnc3)c2)cc1C(F)(F)F. The zero-order chi connectivity index (χ0) is 20.1. The van der Waals surface area contributed by atoms with Gasteiger partial charge in [0.15, 0.2) is 0 Å². The molecule has 0 radical (unpaired) electrons. The van der Waals surface area contributed by atoms with E-state index in [0.29, 0.717) is 0 Å². The molecule has 0 atom stereocenters. The number of anilines is 1. The Balaban J connectivity index is 1.64. The number of rotatable bonds is 4. The Morgan fingerprint density at radius 2 is 1.79 bits per heavy atom. The number of alkyl halides is 3. The molecule has 3 aromatic rings. The van der Waals surface area contributed by atoms with Crippen LogP contribution in [0.1, 0.15) is 16.7 Å². The van der Waals surface area contributed by atoms with E-state index >= 15 is 0 Å². The second-order valence-corrected chi connectivity index (χ2v) is 6.16. The average molecular weight is 386 g/mol. The standard InChI is InChI=1S/C20H17F3N4O/c1-13-5-6-17(8-18(13)20(21,22)23)27-19(28)26-9-14-3-2-4-15(7-14)16-10-24-12-25-11-16/h2-8,10-12H,9H2,1H3,(H2,26,27,28). The zero-order valence-corrected chi connectivity index (χ0v) is 14.9. The van der Waals surface area contributed by atoms with Gasteiger partial charge in [0.1, 0.15) is 6.33 Å². The molecule has 1 heterocycles. The number of aromatic nitrogens is 2. The van der Waals surface area contributed by atoms with Crippen molar-refractivity contribution in [1.82, 2.24) is 15.3 Å². The summed E-state index contributed by atoms with van der Waals surface area (Å²) in [6.07, 6.45) is 0.331.